The highest BCUT2D eigenvalue weighted by Crippen LogP contribution is 1.87. The fraction of sp³-hybridized carbons (Fsp3) is 0.625. The van der Waals surface area contributed by atoms with Crippen LogP contribution >= 0.6 is 0 Å². The minimum absolute atomic E-state index is 0.00292. The highest BCUT2D eigenvalue weighted by Gasteiger charge is 1.99. The standard InChI is InChI=1S/C8H15NO/c1-4-6-8(10)9-7(3)5-2/h4,6-7H,5H2,1-3H3,(H,9,10). The van der Waals surface area contributed by atoms with E-state index in [4.69, 9.17) is 0 Å². The molecule has 0 spiro atoms. The van der Waals surface area contributed by atoms with Gasteiger partial charge < -0.3 is 5.32 Å². The molecule has 0 aromatic carbocycles. The van der Waals surface area contributed by atoms with Gasteiger partial charge in [-0.05, 0) is 26.3 Å². The third kappa shape index (κ3) is 4.13. The van der Waals surface area contributed by atoms with Crippen LogP contribution in [0.15, 0.2) is 12.2 Å². The smallest absolute Gasteiger partial charge is 0.243 e. The summed E-state index contributed by atoms with van der Waals surface area (Å²) < 4.78 is 0. The van der Waals surface area contributed by atoms with Gasteiger partial charge in [0.15, 0.2) is 0 Å². The Balaban J connectivity index is 3.57. The Morgan fingerprint density at radius 3 is 2.70 bits per heavy atom. The molecular weight excluding hydrogens is 126 g/mol. The van der Waals surface area contributed by atoms with E-state index < -0.39 is 0 Å². The van der Waals surface area contributed by atoms with Crippen LogP contribution in [0.2, 0.25) is 0 Å². The lowest BCUT2D eigenvalue weighted by Crippen LogP contribution is -2.30. The number of hydrogen-bond acceptors (Lipinski definition) is 1. The topological polar surface area (TPSA) is 29.1 Å². The molecule has 2 nitrogen and oxygen atoms in total. The van der Waals surface area contributed by atoms with Crippen LogP contribution in [0, 0.1) is 0 Å². The van der Waals surface area contributed by atoms with Crippen molar-refractivity contribution in [2.24, 2.45) is 0 Å². The summed E-state index contributed by atoms with van der Waals surface area (Å²) in [7, 11) is 0. The molecule has 0 heterocycles. The van der Waals surface area contributed by atoms with E-state index in [0.29, 0.717) is 0 Å². The number of rotatable bonds is 3. The van der Waals surface area contributed by atoms with Crippen molar-refractivity contribution in [3.63, 3.8) is 0 Å². The molecule has 1 atom stereocenters. The summed E-state index contributed by atoms with van der Waals surface area (Å²) in [5.74, 6) is -0.00292. The first kappa shape index (κ1) is 9.21. The van der Waals surface area contributed by atoms with E-state index in [1.165, 1.54) is 6.08 Å². The second-order valence-corrected chi connectivity index (χ2v) is 2.32. The summed E-state index contributed by atoms with van der Waals surface area (Å²) in [6.07, 6.45) is 4.24. The summed E-state index contributed by atoms with van der Waals surface area (Å²) in [5, 5.41) is 2.80. The van der Waals surface area contributed by atoms with Gasteiger partial charge in [-0.2, -0.15) is 0 Å². The Kier molecular flexibility index (Phi) is 4.63. The van der Waals surface area contributed by atoms with Gasteiger partial charge in [0.2, 0.25) is 5.91 Å². The van der Waals surface area contributed by atoms with E-state index in [1.807, 2.05) is 20.8 Å². The van der Waals surface area contributed by atoms with Crippen molar-refractivity contribution in [3.8, 4) is 0 Å². The molecule has 0 aliphatic carbocycles. The Morgan fingerprint density at radius 1 is 1.70 bits per heavy atom. The molecule has 0 aromatic rings. The van der Waals surface area contributed by atoms with Crippen molar-refractivity contribution < 1.29 is 4.79 Å². The van der Waals surface area contributed by atoms with Crippen LogP contribution in [-0.4, -0.2) is 11.9 Å². The minimum atomic E-state index is -0.00292. The Morgan fingerprint density at radius 2 is 2.30 bits per heavy atom. The van der Waals surface area contributed by atoms with Crippen LogP contribution in [-0.2, 0) is 4.79 Å². The van der Waals surface area contributed by atoms with E-state index >= 15 is 0 Å². The van der Waals surface area contributed by atoms with E-state index in [-0.39, 0.29) is 11.9 Å². The maximum Gasteiger partial charge on any atom is 0.243 e. The Labute approximate surface area is 62.3 Å². The zero-order valence-corrected chi connectivity index (χ0v) is 6.85. The van der Waals surface area contributed by atoms with E-state index in [9.17, 15) is 4.79 Å². The molecule has 0 fully saturated rings. The quantitative estimate of drug-likeness (QED) is 0.592. The number of carbonyl (C=O) groups is 1. The van der Waals surface area contributed by atoms with E-state index in [2.05, 4.69) is 5.32 Å². The van der Waals surface area contributed by atoms with Crippen molar-refractivity contribution in [2.75, 3.05) is 0 Å². The second-order valence-electron chi connectivity index (χ2n) is 2.32. The average molecular weight is 141 g/mol. The molecular formula is C8H15NO. The third-order valence-electron chi connectivity index (χ3n) is 1.32. The molecule has 0 radical (unpaired) electrons. The Bertz CT molecular complexity index is 129. The normalized spacial score (nSPS) is 13.5. The van der Waals surface area contributed by atoms with Crippen LogP contribution in [0.4, 0.5) is 0 Å². The maximum absolute atomic E-state index is 10.8. The van der Waals surface area contributed by atoms with Crippen molar-refractivity contribution in [1.82, 2.24) is 5.32 Å². The first-order valence-corrected chi connectivity index (χ1v) is 3.63. The van der Waals surface area contributed by atoms with E-state index in [1.54, 1.807) is 6.08 Å². The van der Waals surface area contributed by atoms with Gasteiger partial charge in [-0.3, -0.25) is 4.79 Å². The molecule has 0 saturated carbocycles. The summed E-state index contributed by atoms with van der Waals surface area (Å²) in [5.41, 5.74) is 0. The van der Waals surface area contributed by atoms with Crippen LogP contribution in [0.3, 0.4) is 0 Å². The monoisotopic (exact) mass is 141 g/mol. The lowest BCUT2D eigenvalue weighted by atomic mass is 10.2. The van der Waals surface area contributed by atoms with E-state index in [0.717, 1.165) is 6.42 Å². The lowest BCUT2D eigenvalue weighted by Gasteiger charge is -2.07. The summed E-state index contributed by atoms with van der Waals surface area (Å²) in [6.45, 7) is 5.86. The van der Waals surface area contributed by atoms with Crippen molar-refractivity contribution in [3.05, 3.63) is 12.2 Å². The summed E-state index contributed by atoms with van der Waals surface area (Å²) in [4.78, 5) is 10.8. The zero-order valence-electron chi connectivity index (χ0n) is 6.85. The molecule has 2 heteroatoms. The van der Waals surface area contributed by atoms with Crippen molar-refractivity contribution >= 4 is 5.91 Å². The SMILES string of the molecule is CC=CC(=O)NC(C)CC. The number of amides is 1. The number of carbonyl (C=O) groups excluding carboxylic acids is 1. The molecule has 0 saturated heterocycles. The molecule has 0 rings (SSSR count). The molecule has 0 aliphatic heterocycles. The zero-order chi connectivity index (χ0) is 7.98. The van der Waals surface area contributed by atoms with Gasteiger partial charge in [-0.25, -0.2) is 0 Å². The van der Waals surface area contributed by atoms with Gasteiger partial charge >= 0.3 is 0 Å². The van der Waals surface area contributed by atoms with Crippen molar-refractivity contribution in [2.45, 2.75) is 33.2 Å². The first-order valence-electron chi connectivity index (χ1n) is 3.63. The van der Waals surface area contributed by atoms with Crippen LogP contribution in [0.1, 0.15) is 27.2 Å². The molecule has 58 valence electrons. The van der Waals surface area contributed by atoms with Crippen LogP contribution < -0.4 is 5.32 Å². The minimum Gasteiger partial charge on any atom is -0.350 e. The largest absolute Gasteiger partial charge is 0.350 e. The van der Waals surface area contributed by atoms with Gasteiger partial charge in [0.05, 0.1) is 0 Å². The number of nitrogens with one attached hydrogen (secondary N) is 1. The molecule has 1 N–H and O–H groups in total. The molecule has 0 aromatic heterocycles. The fourth-order valence-electron chi connectivity index (χ4n) is 0.544. The molecule has 1 amide bonds. The molecule has 0 aliphatic rings. The molecule has 0 bridgehead atoms. The third-order valence-corrected chi connectivity index (χ3v) is 1.32. The first-order chi connectivity index (χ1) is 4.70. The summed E-state index contributed by atoms with van der Waals surface area (Å²) >= 11 is 0. The van der Waals surface area contributed by atoms with Gasteiger partial charge in [0, 0.05) is 6.04 Å². The predicted octanol–water partition coefficient (Wildman–Crippen LogP) is 1.48. The number of hydrogen-bond donors (Lipinski definition) is 1. The highest BCUT2D eigenvalue weighted by atomic mass is 16.1. The van der Waals surface area contributed by atoms with Crippen LogP contribution in [0.25, 0.3) is 0 Å². The summed E-state index contributed by atoms with van der Waals surface area (Å²) in [6, 6.07) is 0.281. The second kappa shape index (κ2) is 5.03. The average Bonchev–Trinajstić information content (AvgIpc) is 1.88. The molecule has 10 heavy (non-hydrogen) atoms. The number of allylic oxidation sites excluding steroid dienone is 1. The van der Waals surface area contributed by atoms with Gasteiger partial charge in [0.25, 0.3) is 0 Å². The van der Waals surface area contributed by atoms with Crippen molar-refractivity contribution in [1.29, 1.82) is 0 Å². The molecule has 1 unspecified atom stereocenters. The fourth-order valence-corrected chi connectivity index (χ4v) is 0.544. The van der Waals surface area contributed by atoms with Gasteiger partial charge in [-0.1, -0.05) is 13.0 Å². The predicted molar refractivity (Wildman–Crippen MR) is 42.7 cm³/mol. The Hall–Kier alpha value is -0.790. The van der Waals surface area contributed by atoms with Gasteiger partial charge in [0.1, 0.15) is 0 Å². The highest BCUT2D eigenvalue weighted by molar-refractivity contribution is 5.87. The maximum atomic E-state index is 10.8. The van der Waals surface area contributed by atoms with Crippen LogP contribution in [0.5, 0.6) is 0 Å². The van der Waals surface area contributed by atoms with Gasteiger partial charge in [-0.15, -0.1) is 0 Å². The lowest BCUT2D eigenvalue weighted by molar-refractivity contribution is -0.117.